The maximum absolute atomic E-state index is 13.0. The minimum absolute atomic E-state index is 0.112. The van der Waals surface area contributed by atoms with E-state index in [1.54, 1.807) is 0 Å². The number of anilines is 1. The van der Waals surface area contributed by atoms with Crippen LogP contribution in [0.25, 0.3) is 0 Å². The molecule has 94 valence electrons. The fraction of sp³-hybridized carbons (Fsp3) is 0.538. The topological polar surface area (TPSA) is 32.3 Å². The van der Waals surface area contributed by atoms with Gasteiger partial charge in [-0.15, -0.1) is 0 Å². The third-order valence-corrected chi connectivity index (χ3v) is 3.19. The fourth-order valence-corrected chi connectivity index (χ4v) is 2.31. The van der Waals surface area contributed by atoms with Crippen molar-refractivity contribution in [1.82, 2.24) is 0 Å². The van der Waals surface area contributed by atoms with E-state index in [9.17, 15) is 13.9 Å². The van der Waals surface area contributed by atoms with Gasteiger partial charge < -0.3 is 10.4 Å². The van der Waals surface area contributed by atoms with Crippen LogP contribution in [-0.4, -0.2) is 17.3 Å². The second-order valence-corrected chi connectivity index (χ2v) is 4.61. The van der Waals surface area contributed by atoms with Crippen molar-refractivity contribution >= 4 is 5.69 Å². The van der Waals surface area contributed by atoms with Gasteiger partial charge in [-0.25, -0.2) is 8.78 Å². The van der Waals surface area contributed by atoms with Crippen molar-refractivity contribution in [2.75, 3.05) is 5.32 Å². The Morgan fingerprint density at radius 1 is 1.00 bits per heavy atom. The summed E-state index contributed by atoms with van der Waals surface area (Å²) in [7, 11) is 0. The Morgan fingerprint density at radius 2 is 1.65 bits per heavy atom. The lowest BCUT2D eigenvalue weighted by atomic mass is 10.1. The first kappa shape index (κ1) is 12.3. The Labute approximate surface area is 99.7 Å². The molecule has 17 heavy (non-hydrogen) atoms. The maximum atomic E-state index is 13.0. The first-order valence-electron chi connectivity index (χ1n) is 6.06. The van der Waals surface area contributed by atoms with Crippen LogP contribution in [0.1, 0.15) is 32.1 Å². The van der Waals surface area contributed by atoms with Gasteiger partial charge in [0.2, 0.25) is 0 Å². The molecule has 1 aromatic rings. The molecule has 0 aromatic heterocycles. The number of nitrogens with one attached hydrogen (secondary N) is 1. The molecule has 4 heteroatoms. The molecule has 1 aromatic carbocycles. The van der Waals surface area contributed by atoms with E-state index in [2.05, 4.69) is 5.32 Å². The molecule has 1 saturated carbocycles. The molecule has 2 atom stereocenters. The molecule has 0 heterocycles. The lowest BCUT2D eigenvalue weighted by Gasteiger charge is -2.23. The van der Waals surface area contributed by atoms with Gasteiger partial charge in [0.05, 0.1) is 12.1 Å². The van der Waals surface area contributed by atoms with Gasteiger partial charge in [-0.1, -0.05) is 19.3 Å². The third-order valence-electron chi connectivity index (χ3n) is 3.19. The minimum Gasteiger partial charge on any atom is -0.391 e. The monoisotopic (exact) mass is 241 g/mol. The van der Waals surface area contributed by atoms with Gasteiger partial charge in [-0.2, -0.15) is 0 Å². The highest BCUT2D eigenvalue weighted by molar-refractivity contribution is 5.44. The Bertz CT molecular complexity index is 363. The lowest BCUT2D eigenvalue weighted by molar-refractivity contribution is 0.144. The summed E-state index contributed by atoms with van der Waals surface area (Å²) in [5.74, 6) is -1.20. The van der Waals surface area contributed by atoms with E-state index in [0.717, 1.165) is 38.2 Å². The molecule has 0 spiro atoms. The summed E-state index contributed by atoms with van der Waals surface area (Å²) >= 11 is 0. The Morgan fingerprint density at radius 3 is 2.35 bits per heavy atom. The van der Waals surface area contributed by atoms with E-state index in [4.69, 9.17) is 0 Å². The minimum atomic E-state index is -0.601. The summed E-state index contributed by atoms with van der Waals surface area (Å²) < 4.78 is 26.0. The summed E-state index contributed by atoms with van der Waals surface area (Å²) in [6.07, 6.45) is 4.29. The van der Waals surface area contributed by atoms with Gasteiger partial charge in [0.1, 0.15) is 11.6 Å². The Hall–Kier alpha value is -1.16. The van der Waals surface area contributed by atoms with E-state index >= 15 is 0 Å². The molecule has 1 aliphatic rings. The highest BCUT2D eigenvalue weighted by Crippen LogP contribution is 2.22. The van der Waals surface area contributed by atoms with E-state index in [1.807, 2.05) is 0 Å². The van der Waals surface area contributed by atoms with Crippen LogP contribution in [0.15, 0.2) is 18.2 Å². The number of hydrogen-bond donors (Lipinski definition) is 2. The number of halogens is 2. The number of aliphatic hydroxyl groups excluding tert-OH is 1. The smallest absolute Gasteiger partial charge is 0.128 e. The molecular formula is C13H17F2NO. The highest BCUT2D eigenvalue weighted by Gasteiger charge is 2.21. The summed E-state index contributed by atoms with van der Waals surface area (Å²) in [6, 6.07) is 3.23. The average Bonchev–Trinajstić information content (AvgIpc) is 2.43. The van der Waals surface area contributed by atoms with Gasteiger partial charge in [-0.3, -0.25) is 0 Å². The number of benzene rings is 1. The number of rotatable bonds is 2. The van der Waals surface area contributed by atoms with Gasteiger partial charge >= 0.3 is 0 Å². The number of aliphatic hydroxyl groups is 1. The van der Waals surface area contributed by atoms with Crippen LogP contribution in [-0.2, 0) is 0 Å². The van der Waals surface area contributed by atoms with Crippen LogP contribution in [0.3, 0.4) is 0 Å². The Kier molecular flexibility index (Phi) is 3.94. The van der Waals surface area contributed by atoms with Crippen LogP contribution in [0.2, 0.25) is 0 Å². The molecule has 1 aliphatic carbocycles. The standard InChI is InChI=1S/C13H17F2NO/c14-9-6-10(15)8-11(7-9)16-12-4-2-1-3-5-13(12)17/h6-8,12-13,16-17H,1-5H2. The molecule has 0 amide bonds. The van der Waals surface area contributed by atoms with Gasteiger partial charge in [0.15, 0.2) is 0 Å². The zero-order valence-corrected chi connectivity index (χ0v) is 9.63. The predicted molar refractivity (Wildman–Crippen MR) is 62.9 cm³/mol. The zero-order valence-electron chi connectivity index (χ0n) is 9.63. The molecule has 0 saturated heterocycles. The zero-order chi connectivity index (χ0) is 12.3. The van der Waals surface area contributed by atoms with Crippen LogP contribution < -0.4 is 5.32 Å². The lowest BCUT2D eigenvalue weighted by Crippen LogP contribution is -2.32. The van der Waals surface area contributed by atoms with Crippen molar-refractivity contribution < 1.29 is 13.9 Å². The van der Waals surface area contributed by atoms with Crippen molar-refractivity contribution in [2.24, 2.45) is 0 Å². The summed E-state index contributed by atoms with van der Waals surface area (Å²) in [5.41, 5.74) is 0.397. The van der Waals surface area contributed by atoms with E-state index in [0.29, 0.717) is 5.69 Å². The van der Waals surface area contributed by atoms with Crippen LogP contribution >= 0.6 is 0 Å². The molecule has 0 bridgehead atoms. The van der Waals surface area contributed by atoms with Crippen LogP contribution in [0.4, 0.5) is 14.5 Å². The fourth-order valence-electron chi connectivity index (χ4n) is 2.31. The van der Waals surface area contributed by atoms with Crippen LogP contribution in [0, 0.1) is 11.6 Å². The third kappa shape index (κ3) is 3.40. The van der Waals surface area contributed by atoms with Gasteiger partial charge in [-0.05, 0) is 25.0 Å². The van der Waals surface area contributed by atoms with E-state index in [-0.39, 0.29) is 6.04 Å². The SMILES string of the molecule is OC1CCCCCC1Nc1cc(F)cc(F)c1. The maximum Gasteiger partial charge on any atom is 0.128 e. The summed E-state index contributed by atoms with van der Waals surface area (Å²) in [4.78, 5) is 0. The molecule has 2 N–H and O–H groups in total. The average molecular weight is 241 g/mol. The molecule has 0 aliphatic heterocycles. The second-order valence-electron chi connectivity index (χ2n) is 4.61. The molecule has 2 unspecified atom stereocenters. The molecular weight excluding hydrogens is 224 g/mol. The van der Waals surface area contributed by atoms with E-state index in [1.165, 1.54) is 12.1 Å². The van der Waals surface area contributed by atoms with E-state index < -0.39 is 17.7 Å². The largest absolute Gasteiger partial charge is 0.391 e. The first-order valence-corrected chi connectivity index (χ1v) is 6.06. The normalized spacial score (nSPS) is 25.4. The van der Waals surface area contributed by atoms with Crippen molar-refractivity contribution in [3.05, 3.63) is 29.8 Å². The quantitative estimate of drug-likeness (QED) is 0.780. The molecule has 0 radical (unpaired) electrons. The summed E-state index contributed by atoms with van der Waals surface area (Å²) in [5, 5.41) is 12.9. The number of hydrogen-bond acceptors (Lipinski definition) is 2. The van der Waals surface area contributed by atoms with Crippen molar-refractivity contribution in [3.63, 3.8) is 0 Å². The highest BCUT2D eigenvalue weighted by atomic mass is 19.1. The van der Waals surface area contributed by atoms with Crippen molar-refractivity contribution in [1.29, 1.82) is 0 Å². The predicted octanol–water partition coefficient (Wildman–Crippen LogP) is 3.07. The molecule has 2 rings (SSSR count). The van der Waals surface area contributed by atoms with Gasteiger partial charge in [0, 0.05) is 11.8 Å². The van der Waals surface area contributed by atoms with Crippen molar-refractivity contribution in [3.8, 4) is 0 Å². The summed E-state index contributed by atoms with van der Waals surface area (Å²) in [6.45, 7) is 0. The molecule has 2 nitrogen and oxygen atoms in total. The molecule has 1 fully saturated rings. The van der Waals surface area contributed by atoms with Gasteiger partial charge in [0.25, 0.3) is 0 Å². The second kappa shape index (κ2) is 5.45. The van der Waals surface area contributed by atoms with Crippen LogP contribution in [0.5, 0.6) is 0 Å². The first-order chi connectivity index (χ1) is 8.15. The Balaban J connectivity index is 2.07. The van der Waals surface area contributed by atoms with Crippen molar-refractivity contribution in [2.45, 2.75) is 44.2 Å².